The Bertz CT molecular complexity index is 943. The second kappa shape index (κ2) is 6.72. The first-order valence-corrected chi connectivity index (χ1v) is 9.44. The zero-order valence-electron chi connectivity index (χ0n) is 14.2. The molecule has 0 bridgehead atoms. The van der Waals surface area contributed by atoms with Gasteiger partial charge >= 0.3 is 6.09 Å². The smallest absolute Gasteiger partial charge is 0.408 e. The molecule has 0 radical (unpaired) electrons. The highest BCUT2D eigenvalue weighted by Crippen LogP contribution is 2.41. The molecule has 1 fully saturated rings. The Kier molecular flexibility index (Phi) is 4.40. The van der Waals surface area contributed by atoms with Crippen LogP contribution in [0.1, 0.15) is 30.7 Å². The summed E-state index contributed by atoms with van der Waals surface area (Å²) < 4.78 is 2.64. The minimum absolute atomic E-state index is 0.514. The standard InChI is InChI=1S/C19H19BrN4O2/c20-16-15-13-21-9-11-23(15)17(22-16)19(12-14-6-2-1-3-7-14)8-4-5-10-24(19)18(25)26/h1-3,6-7,9,11,13H,4-5,8,10,12H2,(H,25,26). The van der Waals surface area contributed by atoms with E-state index in [2.05, 4.69) is 20.9 Å². The normalized spacial score (nSPS) is 20.4. The van der Waals surface area contributed by atoms with Gasteiger partial charge in [-0.3, -0.25) is 14.3 Å². The Labute approximate surface area is 159 Å². The van der Waals surface area contributed by atoms with Crippen molar-refractivity contribution in [1.82, 2.24) is 19.3 Å². The van der Waals surface area contributed by atoms with Crippen LogP contribution in [0.2, 0.25) is 0 Å². The van der Waals surface area contributed by atoms with E-state index in [0.29, 0.717) is 17.6 Å². The van der Waals surface area contributed by atoms with E-state index in [1.54, 1.807) is 17.3 Å². The van der Waals surface area contributed by atoms with Crippen molar-refractivity contribution in [2.24, 2.45) is 0 Å². The molecule has 1 N–H and O–H groups in total. The highest BCUT2D eigenvalue weighted by atomic mass is 79.9. The largest absolute Gasteiger partial charge is 0.465 e. The summed E-state index contributed by atoms with van der Waals surface area (Å²) in [7, 11) is 0. The predicted octanol–water partition coefficient (Wildman–Crippen LogP) is 4.09. The van der Waals surface area contributed by atoms with Crippen LogP contribution in [0.5, 0.6) is 0 Å². The molecule has 0 aliphatic carbocycles. The number of fused-ring (bicyclic) bond motifs is 1. The van der Waals surface area contributed by atoms with Crippen molar-refractivity contribution in [2.45, 2.75) is 31.2 Å². The van der Waals surface area contributed by atoms with E-state index < -0.39 is 11.6 Å². The van der Waals surface area contributed by atoms with Gasteiger partial charge in [0.1, 0.15) is 16.0 Å². The van der Waals surface area contributed by atoms with Gasteiger partial charge in [0, 0.05) is 25.4 Å². The van der Waals surface area contributed by atoms with E-state index >= 15 is 0 Å². The van der Waals surface area contributed by atoms with Gasteiger partial charge in [-0.2, -0.15) is 0 Å². The van der Waals surface area contributed by atoms with Gasteiger partial charge in [0.05, 0.1) is 11.7 Å². The Hall–Kier alpha value is -2.41. The van der Waals surface area contributed by atoms with Crippen LogP contribution in [0.15, 0.2) is 53.5 Å². The summed E-state index contributed by atoms with van der Waals surface area (Å²) in [6.45, 7) is 0.514. The summed E-state index contributed by atoms with van der Waals surface area (Å²) in [5.74, 6) is 0.743. The van der Waals surface area contributed by atoms with Crippen LogP contribution < -0.4 is 0 Å². The molecule has 3 heterocycles. The van der Waals surface area contributed by atoms with Crippen molar-refractivity contribution in [2.75, 3.05) is 6.54 Å². The first-order chi connectivity index (χ1) is 12.6. The zero-order valence-corrected chi connectivity index (χ0v) is 15.8. The van der Waals surface area contributed by atoms with Crippen LogP contribution in [-0.4, -0.2) is 37.0 Å². The Morgan fingerprint density at radius 1 is 1.27 bits per heavy atom. The third kappa shape index (κ3) is 2.76. The van der Waals surface area contributed by atoms with Crippen LogP contribution in [0.25, 0.3) is 5.52 Å². The van der Waals surface area contributed by atoms with Crippen LogP contribution >= 0.6 is 15.9 Å². The number of benzene rings is 1. The minimum atomic E-state index is -0.900. The fourth-order valence-corrected chi connectivity index (χ4v) is 4.44. The van der Waals surface area contributed by atoms with Crippen LogP contribution in [0.3, 0.4) is 0 Å². The maximum absolute atomic E-state index is 12.1. The number of carboxylic acid groups (broad SMARTS) is 1. The Morgan fingerprint density at radius 2 is 2.08 bits per heavy atom. The van der Waals surface area contributed by atoms with Gasteiger partial charge in [0.25, 0.3) is 0 Å². The fraction of sp³-hybridized carbons (Fsp3) is 0.316. The Morgan fingerprint density at radius 3 is 2.85 bits per heavy atom. The number of nitrogens with zero attached hydrogens (tertiary/aromatic N) is 4. The third-order valence-corrected chi connectivity index (χ3v) is 5.71. The molecule has 6 nitrogen and oxygen atoms in total. The van der Waals surface area contributed by atoms with Gasteiger partial charge in [-0.1, -0.05) is 30.3 Å². The molecule has 3 aromatic rings. The van der Waals surface area contributed by atoms with E-state index in [0.717, 1.165) is 36.2 Å². The lowest BCUT2D eigenvalue weighted by atomic mass is 9.80. The van der Waals surface area contributed by atoms with Gasteiger partial charge in [0.2, 0.25) is 0 Å². The number of halogens is 1. The second-order valence-corrected chi connectivity index (χ2v) is 7.39. The van der Waals surface area contributed by atoms with Crippen molar-refractivity contribution in [1.29, 1.82) is 0 Å². The maximum Gasteiger partial charge on any atom is 0.408 e. The summed E-state index contributed by atoms with van der Waals surface area (Å²) in [4.78, 5) is 22.6. The second-order valence-electron chi connectivity index (χ2n) is 6.64. The minimum Gasteiger partial charge on any atom is -0.465 e. The lowest BCUT2D eigenvalue weighted by Crippen LogP contribution is -2.54. The monoisotopic (exact) mass is 414 g/mol. The van der Waals surface area contributed by atoms with Gasteiger partial charge in [-0.25, -0.2) is 9.78 Å². The molecule has 26 heavy (non-hydrogen) atoms. The number of hydrogen-bond acceptors (Lipinski definition) is 3. The molecule has 1 amide bonds. The SMILES string of the molecule is O=C(O)N1CCCCC1(Cc1ccccc1)c1nc(Br)c2cnccn12. The average Bonchev–Trinajstić information content (AvgIpc) is 3.00. The molecule has 2 aromatic heterocycles. The number of imidazole rings is 1. The fourth-order valence-electron chi connectivity index (χ4n) is 3.98. The van der Waals surface area contributed by atoms with Crippen molar-refractivity contribution in [3.8, 4) is 0 Å². The predicted molar refractivity (Wildman–Crippen MR) is 101 cm³/mol. The van der Waals surface area contributed by atoms with Crippen molar-refractivity contribution >= 4 is 27.5 Å². The molecule has 4 rings (SSSR count). The molecule has 0 saturated carbocycles. The van der Waals surface area contributed by atoms with Crippen molar-refractivity contribution in [3.05, 3.63) is 64.9 Å². The average molecular weight is 415 g/mol. The molecular formula is C19H19BrN4O2. The van der Waals surface area contributed by atoms with Gasteiger partial charge < -0.3 is 5.11 Å². The quantitative estimate of drug-likeness (QED) is 0.700. The van der Waals surface area contributed by atoms with Crippen LogP contribution in [-0.2, 0) is 12.0 Å². The number of amides is 1. The van der Waals surface area contributed by atoms with E-state index in [-0.39, 0.29) is 0 Å². The first kappa shape index (κ1) is 17.0. The molecule has 134 valence electrons. The Balaban J connectivity index is 1.93. The van der Waals surface area contributed by atoms with Gasteiger partial charge in [-0.05, 0) is 40.8 Å². The molecule has 1 saturated heterocycles. The van der Waals surface area contributed by atoms with E-state index in [4.69, 9.17) is 4.98 Å². The molecule has 1 aliphatic heterocycles. The molecule has 0 spiro atoms. The summed E-state index contributed by atoms with van der Waals surface area (Å²) in [6.07, 6.45) is 7.56. The zero-order chi connectivity index (χ0) is 18.1. The first-order valence-electron chi connectivity index (χ1n) is 8.64. The van der Waals surface area contributed by atoms with Crippen LogP contribution in [0.4, 0.5) is 4.79 Å². The molecule has 1 atom stereocenters. The van der Waals surface area contributed by atoms with E-state index in [9.17, 15) is 9.90 Å². The van der Waals surface area contributed by atoms with Gasteiger partial charge in [0.15, 0.2) is 0 Å². The molecule has 1 unspecified atom stereocenters. The third-order valence-electron chi connectivity index (χ3n) is 5.13. The number of aromatic nitrogens is 3. The molecule has 1 aliphatic rings. The summed E-state index contributed by atoms with van der Waals surface area (Å²) in [5, 5.41) is 9.96. The topological polar surface area (TPSA) is 70.7 Å². The van der Waals surface area contributed by atoms with E-state index in [1.807, 2.05) is 40.9 Å². The molecule has 7 heteroatoms. The number of carbonyl (C=O) groups is 1. The van der Waals surface area contributed by atoms with E-state index in [1.165, 1.54) is 0 Å². The number of hydrogen-bond donors (Lipinski definition) is 1. The van der Waals surface area contributed by atoms with Crippen LogP contribution in [0, 0.1) is 0 Å². The summed E-state index contributed by atoms with van der Waals surface area (Å²) in [6, 6.07) is 10.0. The number of likely N-dealkylation sites (tertiary alicyclic amines) is 1. The maximum atomic E-state index is 12.1. The number of piperidine rings is 1. The highest BCUT2D eigenvalue weighted by Gasteiger charge is 2.46. The summed E-state index contributed by atoms with van der Waals surface area (Å²) in [5.41, 5.74) is 1.23. The lowest BCUT2D eigenvalue weighted by molar-refractivity contribution is 0.0383. The summed E-state index contributed by atoms with van der Waals surface area (Å²) >= 11 is 3.51. The van der Waals surface area contributed by atoms with Crippen molar-refractivity contribution in [3.63, 3.8) is 0 Å². The van der Waals surface area contributed by atoms with Crippen molar-refractivity contribution < 1.29 is 9.90 Å². The molecular weight excluding hydrogens is 396 g/mol. The highest BCUT2D eigenvalue weighted by molar-refractivity contribution is 9.10. The van der Waals surface area contributed by atoms with Gasteiger partial charge in [-0.15, -0.1) is 0 Å². The molecule has 1 aromatic carbocycles. The lowest BCUT2D eigenvalue weighted by Gasteiger charge is -2.45. The number of rotatable bonds is 3.